The number of piperidine rings is 1. The van der Waals surface area contributed by atoms with Crippen LogP contribution in [-0.4, -0.2) is 89.3 Å². The van der Waals surface area contributed by atoms with Crippen LogP contribution < -0.4 is 15.0 Å². The maximum atomic E-state index is 16.8. The van der Waals surface area contributed by atoms with Crippen LogP contribution in [0.4, 0.5) is 23.8 Å². The first-order valence-corrected chi connectivity index (χ1v) is 16.1. The summed E-state index contributed by atoms with van der Waals surface area (Å²) >= 11 is 0. The van der Waals surface area contributed by atoms with E-state index in [1.165, 1.54) is 6.20 Å². The molecule has 0 aliphatic carbocycles. The Bertz CT molecular complexity index is 1820. The van der Waals surface area contributed by atoms with Crippen molar-refractivity contribution in [2.75, 3.05) is 44.3 Å². The molecule has 9 nitrogen and oxygen atoms in total. The SMILES string of the molecule is O=C1N[C@@H]2C[C@H](F)CN(C2)c2nc(OC[C@@]34CCCN3C[C@H](F)C4)nc3c(F)c(ncc23)-c2cccc3cccc(c23)CCCO1. The van der Waals surface area contributed by atoms with E-state index in [1.54, 1.807) is 4.90 Å². The van der Waals surface area contributed by atoms with Crippen LogP contribution in [0.25, 0.3) is 32.9 Å². The molecule has 9 rings (SSSR count). The summed E-state index contributed by atoms with van der Waals surface area (Å²) < 4.78 is 58.2. The van der Waals surface area contributed by atoms with Crippen LogP contribution in [0.5, 0.6) is 6.01 Å². The Hall–Kier alpha value is -4.19. The summed E-state index contributed by atoms with van der Waals surface area (Å²) in [5.74, 6) is -0.371. The highest BCUT2D eigenvalue weighted by Crippen LogP contribution is 2.41. The molecule has 0 unspecified atom stereocenters. The van der Waals surface area contributed by atoms with E-state index in [0.29, 0.717) is 36.8 Å². The second kappa shape index (κ2) is 11.6. The van der Waals surface area contributed by atoms with Crippen molar-refractivity contribution in [3.8, 4) is 17.3 Å². The Morgan fingerprint density at radius 3 is 2.83 bits per heavy atom. The van der Waals surface area contributed by atoms with E-state index in [1.807, 2.05) is 36.4 Å². The maximum absolute atomic E-state index is 16.8. The fraction of sp³-hybridized carbons (Fsp3) is 0.471. The van der Waals surface area contributed by atoms with E-state index in [0.717, 1.165) is 35.7 Å². The average molecular weight is 633 g/mol. The molecule has 6 bridgehead atoms. The van der Waals surface area contributed by atoms with Crippen LogP contribution in [0.1, 0.15) is 37.7 Å². The Balaban J connectivity index is 1.28. The number of amides is 1. The van der Waals surface area contributed by atoms with Gasteiger partial charge in [-0.2, -0.15) is 9.97 Å². The summed E-state index contributed by atoms with van der Waals surface area (Å²) in [7, 11) is 0. The molecule has 240 valence electrons. The van der Waals surface area contributed by atoms with Crippen LogP contribution in [0.3, 0.4) is 0 Å². The van der Waals surface area contributed by atoms with Gasteiger partial charge in [0.2, 0.25) is 0 Å². The van der Waals surface area contributed by atoms with Gasteiger partial charge in [-0.05, 0) is 48.6 Å². The zero-order chi connectivity index (χ0) is 31.4. The van der Waals surface area contributed by atoms with E-state index in [4.69, 9.17) is 9.47 Å². The normalized spacial score (nSPS) is 26.7. The fourth-order valence-corrected chi connectivity index (χ4v) is 7.94. The molecule has 12 heteroatoms. The van der Waals surface area contributed by atoms with Gasteiger partial charge >= 0.3 is 12.1 Å². The predicted octanol–water partition coefficient (Wildman–Crippen LogP) is 5.53. The van der Waals surface area contributed by atoms with E-state index in [2.05, 4.69) is 25.2 Å². The number of hydrogen-bond acceptors (Lipinski definition) is 8. The minimum Gasteiger partial charge on any atom is -0.461 e. The summed E-state index contributed by atoms with van der Waals surface area (Å²) in [4.78, 5) is 30.4. The molecule has 0 saturated carbocycles. The number of hydrogen-bond donors (Lipinski definition) is 1. The van der Waals surface area contributed by atoms with Crippen molar-refractivity contribution in [2.24, 2.45) is 0 Å². The fourth-order valence-electron chi connectivity index (χ4n) is 7.94. The maximum Gasteiger partial charge on any atom is 0.407 e. The third-order valence-corrected chi connectivity index (χ3v) is 9.97. The third kappa shape index (κ3) is 5.16. The number of carbonyl (C=O) groups excluding carboxylic acids is 1. The summed E-state index contributed by atoms with van der Waals surface area (Å²) in [5, 5.41) is 4.89. The minimum absolute atomic E-state index is 0.00395. The van der Waals surface area contributed by atoms with Crippen LogP contribution >= 0.6 is 0 Å². The molecule has 3 fully saturated rings. The predicted molar refractivity (Wildman–Crippen MR) is 167 cm³/mol. The largest absolute Gasteiger partial charge is 0.461 e. The Labute approximate surface area is 264 Å². The Morgan fingerprint density at radius 2 is 1.93 bits per heavy atom. The number of aryl methyl sites for hydroxylation is 1. The number of fused-ring (bicyclic) bond motifs is 7. The Kier molecular flexibility index (Phi) is 7.34. The number of nitrogens with zero attached hydrogens (tertiary/aromatic N) is 5. The standard InChI is InChI=1S/C34H35F3N6O3/c35-22-13-24-18-42(16-22)31-26-15-38-29(25-9-2-7-20-5-1-6-21(27(20)25)8-3-12-45-33(44)39-24)28(37)30(26)40-32(41-31)46-19-34-10-4-11-43(34)17-23(36)14-34/h1-2,5-7,9,15,22-24H,3-4,8,10-14,16-19H2,(H,39,44)/t22-,23+,24+,34-/m0/s1. The molecule has 2 aromatic heterocycles. The van der Waals surface area contributed by atoms with Crippen molar-refractivity contribution in [3.63, 3.8) is 0 Å². The van der Waals surface area contributed by atoms with Crippen LogP contribution in [-0.2, 0) is 11.2 Å². The zero-order valence-corrected chi connectivity index (χ0v) is 25.4. The lowest BCUT2D eigenvalue weighted by molar-refractivity contribution is 0.107. The van der Waals surface area contributed by atoms with Crippen LogP contribution in [0.2, 0.25) is 0 Å². The highest BCUT2D eigenvalue weighted by Gasteiger charge is 2.49. The smallest absolute Gasteiger partial charge is 0.407 e. The first-order chi connectivity index (χ1) is 22.4. The van der Waals surface area contributed by atoms with Crippen molar-refractivity contribution in [1.29, 1.82) is 0 Å². The summed E-state index contributed by atoms with van der Waals surface area (Å²) in [6.07, 6.45) is 2.04. The van der Waals surface area contributed by atoms with E-state index < -0.39 is 35.8 Å². The number of anilines is 1. The first-order valence-electron chi connectivity index (χ1n) is 16.1. The van der Waals surface area contributed by atoms with E-state index in [-0.39, 0.29) is 55.8 Å². The number of halogens is 3. The molecule has 4 atom stereocenters. The monoisotopic (exact) mass is 632 g/mol. The number of benzene rings is 2. The van der Waals surface area contributed by atoms with Crippen molar-refractivity contribution in [1.82, 2.24) is 25.2 Å². The van der Waals surface area contributed by atoms with Gasteiger partial charge in [0, 0.05) is 37.7 Å². The number of ether oxygens (including phenoxy) is 2. The van der Waals surface area contributed by atoms with Crippen LogP contribution in [0, 0.1) is 5.82 Å². The Morgan fingerprint density at radius 1 is 1.07 bits per heavy atom. The number of alkyl carbamates (subject to hydrolysis) is 1. The number of alkyl halides is 2. The third-order valence-electron chi connectivity index (χ3n) is 9.97. The summed E-state index contributed by atoms with van der Waals surface area (Å²) in [6, 6.07) is 10.9. The summed E-state index contributed by atoms with van der Waals surface area (Å²) in [6.45, 7) is 1.70. The van der Waals surface area contributed by atoms with Gasteiger partial charge in [0.1, 0.15) is 36.0 Å². The van der Waals surface area contributed by atoms with Crippen molar-refractivity contribution in [3.05, 3.63) is 54.0 Å². The molecule has 0 radical (unpaired) electrons. The number of aromatic nitrogens is 3. The highest BCUT2D eigenvalue weighted by atomic mass is 19.1. The second-order valence-electron chi connectivity index (χ2n) is 13.0. The number of pyridine rings is 1. The molecule has 2 aromatic carbocycles. The van der Waals surface area contributed by atoms with Gasteiger partial charge in [-0.1, -0.05) is 36.4 Å². The topological polar surface area (TPSA) is 92.7 Å². The van der Waals surface area contributed by atoms with E-state index >= 15 is 8.78 Å². The molecule has 7 heterocycles. The number of rotatable bonds is 3. The van der Waals surface area contributed by atoms with Crippen molar-refractivity contribution >= 4 is 33.6 Å². The van der Waals surface area contributed by atoms with Gasteiger partial charge in [0.15, 0.2) is 5.82 Å². The molecule has 1 N–H and O–H groups in total. The zero-order valence-electron chi connectivity index (χ0n) is 25.4. The molecule has 5 aliphatic heterocycles. The van der Waals surface area contributed by atoms with Gasteiger partial charge in [-0.15, -0.1) is 0 Å². The lowest BCUT2D eigenvalue weighted by atomic mass is 9.94. The molecule has 46 heavy (non-hydrogen) atoms. The van der Waals surface area contributed by atoms with Gasteiger partial charge in [-0.3, -0.25) is 9.88 Å². The minimum atomic E-state index is -1.29. The number of nitrogens with one attached hydrogen (secondary N) is 1. The van der Waals surface area contributed by atoms with Gasteiger partial charge in [-0.25, -0.2) is 18.0 Å². The van der Waals surface area contributed by atoms with Crippen molar-refractivity contribution in [2.45, 2.75) is 62.4 Å². The molecule has 4 aromatic rings. The first kappa shape index (κ1) is 29.2. The van der Waals surface area contributed by atoms with Gasteiger partial charge < -0.3 is 19.7 Å². The summed E-state index contributed by atoms with van der Waals surface area (Å²) in [5.41, 5.74) is 1.26. The molecular weight excluding hydrogens is 597 g/mol. The van der Waals surface area contributed by atoms with Crippen LogP contribution in [0.15, 0.2) is 42.6 Å². The molecule has 5 aliphatic rings. The van der Waals surface area contributed by atoms with E-state index in [9.17, 15) is 9.18 Å². The molecular formula is C34H35F3N6O3. The lowest BCUT2D eigenvalue weighted by Crippen LogP contribution is -2.52. The second-order valence-corrected chi connectivity index (χ2v) is 13.0. The van der Waals surface area contributed by atoms with Crippen molar-refractivity contribution < 1.29 is 27.4 Å². The highest BCUT2D eigenvalue weighted by molar-refractivity contribution is 6.00. The quantitative estimate of drug-likeness (QED) is 0.316. The average Bonchev–Trinajstić information content (AvgIpc) is 3.57. The van der Waals surface area contributed by atoms with Gasteiger partial charge in [0.05, 0.1) is 30.1 Å². The molecule has 0 spiro atoms. The van der Waals surface area contributed by atoms with Gasteiger partial charge in [0.25, 0.3) is 0 Å². The molecule has 1 amide bonds. The lowest BCUT2D eigenvalue weighted by Gasteiger charge is -2.36. The molecule has 3 saturated heterocycles. The number of carbonyl (C=O) groups is 1.